The van der Waals surface area contributed by atoms with E-state index in [0.717, 1.165) is 0 Å². The summed E-state index contributed by atoms with van der Waals surface area (Å²) >= 11 is 5.92. The Labute approximate surface area is 121 Å². The molecule has 2 aromatic carbocycles. The second kappa shape index (κ2) is 6.20. The van der Waals surface area contributed by atoms with Crippen LogP contribution in [0.3, 0.4) is 0 Å². The first-order valence-electron chi connectivity index (χ1n) is 6.09. The summed E-state index contributed by atoms with van der Waals surface area (Å²) in [5, 5.41) is 0.287. The fourth-order valence-electron chi connectivity index (χ4n) is 1.80. The van der Waals surface area contributed by atoms with Crippen molar-refractivity contribution in [1.29, 1.82) is 0 Å². The van der Waals surface area contributed by atoms with E-state index in [9.17, 15) is 8.78 Å². The van der Waals surface area contributed by atoms with Crippen LogP contribution < -0.4 is 10.5 Å². The molecule has 20 heavy (non-hydrogen) atoms. The molecule has 2 rings (SSSR count). The summed E-state index contributed by atoms with van der Waals surface area (Å²) in [6.07, 6.45) is 0. The molecule has 0 radical (unpaired) electrons. The van der Waals surface area contributed by atoms with E-state index >= 15 is 0 Å². The number of halogens is 3. The van der Waals surface area contributed by atoms with E-state index in [2.05, 4.69) is 0 Å². The summed E-state index contributed by atoms with van der Waals surface area (Å²) in [7, 11) is 0. The van der Waals surface area contributed by atoms with Crippen LogP contribution in [0.4, 0.5) is 8.78 Å². The zero-order valence-corrected chi connectivity index (χ0v) is 11.6. The number of hydrogen-bond donors (Lipinski definition) is 1. The predicted molar refractivity (Wildman–Crippen MR) is 74.7 cm³/mol. The molecule has 0 fully saturated rings. The summed E-state index contributed by atoms with van der Waals surface area (Å²) in [6, 6.07) is 7.88. The Morgan fingerprint density at radius 1 is 1.15 bits per heavy atom. The van der Waals surface area contributed by atoms with Gasteiger partial charge in [0.1, 0.15) is 24.0 Å². The monoisotopic (exact) mass is 297 g/mol. The van der Waals surface area contributed by atoms with E-state index in [0.29, 0.717) is 16.9 Å². The molecule has 0 saturated carbocycles. The molecule has 0 aliphatic carbocycles. The molecule has 0 aliphatic rings. The molecule has 5 heteroatoms. The van der Waals surface area contributed by atoms with Crippen LogP contribution >= 0.6 is 11.6 Å². The first-order valence-corrected chi connectivity index (χ1v) is 6.47. The highest BCUT2D eigenvalue weighted by Gasteiger charge is 2.11. The van der Waals surface area contributed by atoms with Crippen LogP contribution in [-0.4, -0.2) is 0 Å². The standard InChI is InChI=1S/C15H14ClF2NO/c1-9(19)13-6-11(17)4-5-15(13)20-8-10-2-3-12(18)7-14(10)16/h2-7,9H,8,19H2,1H3. The van der Waals surface area contributed by atoms with E-state index in [1.165, 1.54) is 30.3 Å². The van der Waals surface area contributed by atoms with Gasteiger partial charge in [0.15, 0.2) is 0 Å². The lowest BCUT2D eigenvalue weighted by Gasteiger charge is -2.14. The molecule has 106 valence electrons. The van der Waals surface area contributed by atoms with Crippen molar-refractivity contribution in [2.45, 2.75) is 19.6 Å². The van der Waals surface area contributed by atoms with Crippen LogP contribution in [0.25, 0.3) is 0 Å². The van der Waals surface area contributed by atoms with E-state index < -0.39 is 5.82 Å². The SMILES string of the molecule is CC(N)c1cc(F)ccc1OCc1ccc(F)cc1Cl. The van der Waals surface area contributed by atoms with Gasteiger partial charge in [-0.3, -0.25) is 0 Å². The fourth-order valence-corrected chi connectivity index (χ4v) is 2.02. The minimum atomic E-state index is -0.406. The molecule has 1 atom stereocenters. The Kier molecular flexibility index (Phi) is 4.57. The Hall–Kier alpha value is -1.65. The van der Waals surface area contributed by atoms with Crippen molar-refractivity contribution in [3.63, 3.8) is 0 Å². The quantitative estimate of drug-likeness (QED) is 0.917. The summed E-state index contributed by atoms with van der Waals surface area (Å²) in [5.74, 6) is -0.289. The average Bonchev–Trinajstić information content (AvgIpc) is 2.38. The summed E-state index contributed by atoms with van der Waals surface area (Å²) in [5.41, 5.74) is 7.00. The van der Waals surface area contributed by atoms with Gasteiger partial charge in [-0.2, -0.15) is 0 Å². The lowest BCUT2D eigenvalue weighted by atomic mass is 10.1. The molecule has 0 spiro atoms. The maximum Gasteiger partial charge on any atom is 0.124 e. The Morgan fingerprint density at radius 2 is 1.80 bits per heavy atom. The van der Waals surface area contributed by atoms with Gasteiger partial charge in [-0.25, -0.2) is 8.78 Å². The fraction of sp³-hybridized carbons (Fsp3) is 0.200. The topological polar surface area (TPSA) is 35.2 Å². The Morgan fingerprint density at radius 3 is 2.45 bits per heavy atom. The van der Waals surface area contributed by atoms with Gasteiger partial charge in [-0.05, 0) is 37.3 Å². The van der Waals surface area contributed by atoms with E-state index in [1.54, 1.807) is 13.0 Å². The molecule has 0 heterocycles. The molecule has 2 aromatic rings. The average molecular weight is 298 g/mol. The highest BCUT2D eigenvalue weighted by Crippen LogP contribution is 2.26. The van der Waals surface area contributed by atoms with Crippen molar-refractivity contribution in [3.05, 3.63) is 64.2 Å². The number of benzene rings is 2. The van der Waals surface area contributed by atoms with Gasteiger partial charge < -0.3 is 10.5 Å². The van der Waals surface area contributed by atoms with E-state index in [-0.39, 0.29) is 23.5 Å². The molecule has 0 aliphatic heterocycles. The van der Waals surface area contributed by atoms with Gasteiger partial charge >= 0.3 is 0 Å². The first kappa shape index (κ1) is 14.8. The summed E-state index contributed by atoms with van der Waals surface area (Å²) < 4.78 is 31.8. The largest absolute Gasteiger partial charge is 0.489 e. The van der Waals surface area contributed by atoms with Crippen LogP contribution in [-0.2, 0) is 6.61 Å². The van der Waals surface area contributed by atoms with Gasteiger partial charge in [0.2, 0.25) is 0 Å². The second-order valence-electron chi connectivity index (χ2n) is 4.50. The third-order valence-corrected chi connectivity index (χ3v) is 3.21. The van der Waals surface area contributed by atoms with Crippen molar-refractivity contribution in [3.8, 4) is 5.75 Å². The summed E-state index contributed by atoms with van der Waals surface area (Å²) in [4.78, 5) is 0. The number of rotatable bonds is 4. The van der Waals surface area contributed by atoms with Crippen molar-refractivity contribution in [2.24, 2.45) is 5.73 Å². The Balaban J connectivity index is 2.18. The molecule has 0 saturated heterocycles. The lowest BCUT2D eigenvalue weighted by Crippen LogP contribution is -2.08. The molecule has 0 aromatic heterocycles. The maximum absolute atomic E-state index is 13.2. The highest BCUT2D eigenvalue weighted by molar-refractivity contribution is 6.31. The van der Waals surface area contributed by atoms with E-state index in [1.807, 2.05) is 0 Å². The molecular weight excluding hydrogens is 284 g/mol. The van der Waals surface area contributed by atoms with Crippen molar-refractivity contribution < 1.29 is 13.5 Å². The molecule has 0 bridgehead atoms. The van der Waals surface area contributed by atoms with Crippen LogP contribution in [0.2, 0.25) is 5.02 Å². The van der Waals surface area contributed by atoms with Gasteiger partial charge in [0, 0.05) is 17.2 Å². The van der Waals surface area contributed by atoms with Gasteiger partial charge in [-0.15, -0.1) is 0 Å². The van der Waals surface area contributed by atoms with E-state index in [4.69, 9.17) is 22.1 Å². The zero-order chi connectivity index (χ0) is 14.7. The predicted octanol–water partition coefficient (Wildman–Crippen LogP) is 4.22. The van der Waals surface area contributed by atoms with Gasteiger partial charge in [0.05, 0.1) is 5.02 Å². The smallest absolute Gasteiger partial charge is 0.124 e. The lowest BCUT2D eigenvalue weighted by molar-refractivity contribution is 0.301. The van der Waals surface area contributed by atoms with Crippen molar-refractivity contribution in [1.82, 2.24) is 0 Å². The highest BCUT2D eigenvalue weighted by atomic mass is 35.5. The third-order valence-electron chi connectivity index (χ3n) is 2.86. The summed E-state index contributed by atoms with van der Waals surface area (Å²) in [6.45, 7) is 1.90. The molecule has 2 N–H and O–H groups in total. The van der Waals surface area contributed by atoms with Crippen molar-refractivity contribution >= 4 is 11.6 Å². The number of hydrogen-bond acceptors (Lipinski definition) is 2. The zero-order valence-electron chi connectivity index (χ0n) is 10.9. The van der Waals surface area contributed by atoms with Gasteiger partial charge in [-0.1, -0.05) is 17.7 Å². The minimum Gasteiger partial charge on any atom is -0.489 e. The third kappa shape index (κ3) is 3.46. The van der Waals surface area contributed by atoms with Crippen LogP contribution in [0.5, 0.6) is 5.75 Å². The molecule has 1 unspecified atom stereocenters. The molecular formula is C15H14ClF2NO. The minimum absolute atomic E-state index is 0.157. The van der Waals surface area contributed by atoms with Crippen molar-refractivity contribution in [2.75, 3.05) is 0 Å². The maximum atomic E-state index is 13.2. The van der Waals surface area contributed by atoms with Crippen LogP contribution in [0, 0.1) is 11.6 Å². The number of nitrogens with two attached hydrogens (primary N) is 1. The van der Waals surface area contributed by atoms with Crippen LogP contribution in [0.15, 0.2) is 36.4 Å². The second-order valence-corrected chi connectivity index (χ2v) is 4.90. The van der Waals surface area contributed by atoms with Gasteiger partial charge in [0.25, 0.3) is 0 Å². The Bertz CT molecular complexity index is 617. The first-order chi connectivity index (χ1) is 9.47. The molecule has 0 amide bonds. The normalized spacial score (nSPS) is 12.2. The number of ether oxygens (including phenoxy) is 1. The van der Waals surface area contributed by atoms with Crippen LogP contribution in [0.1, 0.15) is 24.1 Å². The molecule has 2 nitrogen and oxygen atoms in total.